The molecule has 2 aromatic rings. The van der Waals surface area contributed by atoms with Crippen LogP contribution < -0.4 is 5.32 Å². The molecule has 1 atom stereocenters. The lowest BCUT2D eigenvalue weighted by Gasteiger charge is -2.17. The molecule has 0 fully saturated rings. The standard InChI is InChI=1S/C14H12ClF3N2/c1-9(10-4-6-19-7-5-10)20-11-2-3-13(15)12(8-11)14(16,17)18/h2-9,20H,1H3. The molecule has 2 nitrogen and oxygen atoms in total. The van der Waals surface area contributed by atoms with Crippen molar-refractivity contribution in [1.29, 1.82) is 0 Å². The third-order valence-electron chi connectivity index (χ3n) is 2.86. The third kappa shape index (κ3) is 3.42. The van der Waals surface area contributed by atoms with Gasteiger partial charge in [-0.05, 0) is 42.8 Å². The van der Waals surface area contributed by atoms with E-state index in [9.17, 15) is 13.2 Å². The van der Waals surface area contributed by atoms with Crippen molar-refractivity contribution in [1.82, 2.24) is 4.98 Å². The fourth-order valence-electron chi connectivity index (χ4n) is 1.82. The first-order valence-electron chi connectivity index (χ1n) is 5.91. The van der Waals surface area contributed by atoms with Crippen LogP contribution >= 0.6 is 11.6 Å². The number of nitrogens with zero attached hydrogens (tertiary/aromatic N) is 1. The second kappa shape index (κ2) is 5.71. The van der Waals surface area contributed by atoms with Gasteiger partial charge in [0.25, 0.3) is 0 Å². The number of benzene rings is 1. The molecule has 0 saturated carbocycles. The second-order valence-electron chi connectivity index (χ2n) is 4.34. The molecular weight excluding hydrogens is 289 g/mol. The van der Waals surface area contributed by atoms with Crippen LogP contribution in [0.3, 0.4) is 0 Å². The van der Waals surface area contributed by atoms with E-state index in [1.807, 2.05) is 6.92 Å². The lowest BCUT2D eigenvalue weighted by atomic mass is 10.1. The molecule has 0 amide bonds. The van der Waals surface area contributed by atoms with Crippen molar-refractivity contribution < 1.29 is 13.2 Å². The van der Waals surface area contributed by atoms with Gasteiger partial charge in [0, 0.05) is 24.1 Å². The van der Waals surface area contributed by atoms with Gasteiger partial charge >= 0.3 is 6.18 Å². The van der Waals surface area contributed by atoms with Gasteiger partial charge in [-0.25, -0.2) is 0 Å². The van der Waals surface area contributed by atoms with E-state index < -0.39 is 11.7 Å². The van der Waals surface area contributed by atoms with Crippen molar-refractivity contribution in [2.24, 2.45) is 0 Å². The molecule has 1 aromatic carbocycles. The summed E-state index contributed by atoms with van der Waals surface area (Å²) in [5.41, 5.74) is 0.459. The summed E-state index contributed by atoms with van der Waals surface area (Å²) in [6, 6.07) is 7.25. The fourth-order valence-corrected chi connectivity index (χ4v) is 2.04. The van der Waals surface area contributed by atoms with Crippen LogP contribution in [0.25, 0.3) is 0 Å². The van der Waals surface area contributed by atoms with Gasteiger partial charge in [-0.2, -0.15) is 13.2 Å². The normalized spacial score (nSPS) is 13.1. The second-order valence-corrected chi connectivity index (χ2v) is 4.75. The maximum Gasteiger partial charge on any atom is 0.417 e. The lowest BCUT2D eigenvalue weighted by Crippen LogP contribution is -2.10. The lowest BCUT2D eigenvalue weighted by molar-refractivity contribution is -0.137. The first-order valence-corrected chi connectivity index (χ1v) is 6.29. The minimum Gasteiger partial charge on any atom is -0.379 e. The topological polar surface area (TPSA) is 24.9 Å². The predicted molar refractivity (Wildman–Crippen MR) is 72.7 cm³/mol. The Morgan fingerprint density at radius 2 is 1.80 bits per heavy atom. The zero-order valence-electron chi connectivity index (χ0n) is 10.6. The van der Waals surface area contributed by atoms with Gasteiger partial charge in [0.2, 0.25) is 0 Å². The number of aromatic nitrogens is 1. The van der Waals surface area contributed by atoms with Crippen LogP contribution in [-0.4, -0.2) is 4.98 Å². The minimum absolute atomic E-state index is 0.139. The Bertz CT molecular complexity index is 585. The first-order chi connectivity index (χ1) is 9.38. The maximum absolute atomic E-state index is 12.8. The number of hydrogen-bond acceptors (Lipinski definition) is 2. The Hall–Kier alpha value is -1.75. The largest absolute Gasteiger partial charge is 0.417 e. The van der Waals surface area contributed by atoms with E-state index in [4.69, 9.17) is 11.6 Å². The highest BCUT2D eigenvalue weighted by molar-refractivity contribution is 6.31. The van der Waals surface area contributed by atoms with Crippen LogP contribution in [0.15, 0.2) is 42.7 Å². The molecule has 0 bridgehead atoms. The van der Waals surface area contributed by atoms with Gasteiger partial charge in [0.15, 0.2) is 0 Å². The van der Waals surface area contributed by atoms with E-state index in [0.29, 0.717) is 5.69 Å². The molecule has 1 unspecified atom stereocenters. The molecule has 0 saturated heterocycles. The van der Waals surface area contributed by atoms with Crippen molar-refractivity contribution in [3.05, 3.63) is 58.9 Å². The Balaban J connectivity index is 2.22. The Morgan fingerprint density at radius 1 is 1.15 bits per heavy atom. The zero-order chi connectivity index (χ0) is 14.8. The van der Waals surface area contributed by atoms with Crippen LogP contribution in [-0.2, 0) is 6.18 Å². The van der Waals surface area contributed by atoms with Crippen LogP contribution in [0.1, 0.15) is 24.1 Å². The van der Waals surface area contributed by atoms with E-state index >= 15 is 0 Å². The summed E-state index contributed by atoms with van der Waals surface area (Å²) < 4.78 is 38.3. The number of pyridine rings is 1. The predicted octanol–water partition coefficient (Wildman–Crippen LogP) is 4.93. The Morgan fingerprint density at radius 3 is 2.40 bits per heavy atom. The minimum atomic E-state index is -4.46. The van der Waals surface area contributed by atoms with Gasteiger partial charge in [0.1, 0.15) is 0 Å². The summed E-state index contributed by atoms with van der Waals surface area (Å²) in [7, 11) is 0. The number of hydrogen-bond donors (Lipinski definition) is 1. The maximum atomic E-state index is 12.8. The van der Waals surface area contributed by atoms with Crippen LogP contribution in [0.4, 0.5) is 18.9 Å². The van der Waals surface area contributed by atoms with E-state index in [2.05, 4.69) is 10.3 Å². The SMILES string of the molecule is CC(Nc1ccc(Cl)c(C(F)(F)F)c1)c1ccncc1. The van der Waals surface area contributed by atoms with E-state index in [-0.39, 0.29) is 11.1 Å². The molecule has 0 spiro atoms. The van der Waals surface area contributed by atoms with Crippen molar-refractivity contribution in [3.8, 4) is 0 Å². The van der Waals surface area contributed by atoms with Gasteiger partial charge in [0.05, 0.1) is 10.6 Å². The van der Waals surface area contributed by atoms with E-state index in [0.717, 1.165) is 11.6 Å². The molecule has 1 N–H and O–H groups in total. The van der Waals surface area contributed by atoms with Gasteiger partial charge in [-0.3, -0.25) is 4.98 Å². The zero-order valence-corrected chi connectivity index (χ0v) is 11.3. The summed E-state index contributed by atoms with van der Waals surface area (Å²) in [4.78, 5) is 3.90. The smallest absolute Gasteiger partial charge is 0.379 e. The number of nitrogens with one attached hydrogen (secondary N) is 1. The fraction of sp³-hybridized carbons (Fsp3) is 0.214. The molecule has 106 valence electrons. The van der Waals surface area contributed by atoms with Gasteiger partial charge in [-0.15, -0.1) is 0 Å². The Labute approximate surface area is 119 Å². The molecular formula is C14H12ClF3N2. The number of alkyl halides is 3. The molecule has 1 heterocycles. The molecule has 0 aliphatic heterocycles. The summed E-state index contributed by atoms with van der Waals surface area (Å²) in [6.07, 6.45) is -1.19. The van der Waals surface area contributed by atoms with Crippen molar-refractivity contribution >= 4 is 17.3 Å². The highest BCUT2D eigenvalue weighted by Crippen LogP contribution is 2.36. The van der Waals surface area contributed by atoms with E-state index in [1.54, 1.807) is 24.5 Å². The molecule has 1 aromatic heterocycles. The van der Waals surface area contributed by atoms with Crippen LogP contribution in [0, 0.1) is 0 Å². The molecule has 0 radical (unpaired) electrons. The van der Waals surface area contributed by atoms with Crippen molar-refractivity contribution in [2.45, 2.75) is 19.1 Å². The molecule has 6 heteroatoms. The highest BCUT2D eigenvalue weighted by Gasteiger charge is 2.33. The third-order valence-corrected chi connectivity index (χ3v) is 3.19. The molecule has 0 aliphatic rings. The van der Waals surface area contributed by atoms with Crippen LogP contribution in [0.2, 0.25) is 5.02 Å². The van der Waals surface area contributed by atoms with Crippen LogP contribution in [0.5, 0.6) is 0 Å². The average molecular weight is 301 g/mol. The molecule has 0 aliphatic carbocycles. The number of halogens is 4. The van der Waals surface area contributed by atoms with E-state index in [1.165, 1.54) is 12.1 Å². The summed E-state index contributed by atoms with van der Waals surface area (Å²) in [6.45, 7) is 1.86. The first kappa shape index (κ1) is 14.7. The summed E-state index contributed by atoms with van der Waals surface area (Å²) >= 11 is 5.58. The number of anilines is 1. The highest BCUT2D eigenvalue weighted by atomic mass is 35.5. The summed E-state index contributed by atoms with van der Waals surface area (Å²) in [5.74, 6) is 0. The van der Waals surface area contributed by atoms with Gasteiger partial charge < -0.3 is 5.32 Å². The van der Waals surface area contributed by atoms with Crippen molar-refractivity contribution in [3.63, 3.8) is 0 Å². The molecule has 20 heavy (non-hydrogen) atoms. The monoisotopic (exact) mass is 300 g/mol. The van der Waals surface area contributed by atoms with Crippen molar-refractivity contribution in [2.75, 3.05) is 5.32 Å². The quantitative estimate of drug-likeness (QED) is 0.869. The van der Waals surface area contributed by atoms with Gasteiger partial charge in [-0.1, -0.05) is 11.6 Å². The Kier molecular flexibility index (Phi) is 4.18. The summed E-state index contributed by atoms with van der Waals surface area (Å²) in [5, 5.41) is 2.71. The number of rotatable bonds is 3. The average Bonchev–Trinajstić information content (AvgIpc) is 2.40. The molecule has 2 rings (SSSR count).